The highest BCUT2D eigenvalue weighted by molar-refractivity contribution is 5.57. The number of hydrogen-bond donors (Lipinski definition) is 0. The van der Waals surface area contributed by atoms with Crippen molar-refractivity contribution < 1.29 is 0 Å². The number of rotatable bonds is 4. The van der Waals surface area contributed by atoms with Gasteiger partial charge in [-0.05, 0) is 69.3 Å². The Morgan fingerprint density at radius 2 is 1.69 bits per heavy atom. The molecule has 0 saturated carbocycles. The molecule has 6 heteroatoms. The molecule has 2 fully saturated rings. The van der Waals surface area contributed by atoms with E-state index in [-0.39, 0.29) is 5.41 Å². The zero-order valence-electron chi connectivity index (χ0n) is 17.8. The van der Waals surface area contributed by atoms with E-state index in [4.69, 9.17) is 9.97 Å². The van der Waals surface area contributed by atoms with Crippen LogP contribution in [0.3, 0.4) is 0 Å². The lowest BCUT2D eigenvalue weighted by Crippen LogP contribution is -2.41. The molecular formula is C23H32N6. The number of hydrogen-bond acceptors (Lipinski definition) is 6. The summed E-state index contributed by atoms with van der Waals surface area (Å²) in [6.07, 6.45) is 11.1. The van der Waals surface area contributed by atoms with Crippen molar-refractivity contribution in [3.8, 4) is 0 Å². The first-order valence-electron chi connectivity index (χ1n) is 11.1. The van der Waals surface area contributed by atoms with Crippen LogP contribution in [0.1, 0.15) is 48.9 Å². The number of piperidine rings is 1. The molecule has 4 heterocycles. The van der Waals surface area contributed by atoms with Gasteiger partial charge in [-0.15, -0.1) is 0 Å². The van der Waals surface area contributed by atoms with Crippen LogP contribution < -0.4 is 9.80 Å². The molecule has 0 aromatic carbocycles. The van der Waals surface area contributed by atoms with Crippen molar-refractivity contribution in [3.63, 3.8) is 0 Å². The van der Waals surface area contributed by atoms with Crippen LogP contribution in [0, 0.1) is 0 Å². The van der Waals surface area contributed by atoms with Crippen molar-refractivity contribution in [3.05, 3.63) is 41.3 Å². The molecule has 154 valence electrons. The third kappa shape index (κ3) is 3.48. The molecule has 5 rings (SSSR count). The molecule has 0 amide bonds. The van der Waals surface area contributed by atoms with Crippen molar-refractivity contribution in [1.82, 2.24) is 19.9 Å². The topological polar surface area (TPSA) is 48.4 Å². The summed E-state index contributed by atoms with van der Waals surface area (Å²) in [5.41, 5.74) is 4.41. The average molecular weight is 393 g/mol. The molecule has 29 heavy (non-hydrogen) atoms. The van der Waals surface area contributed by atoms with Crippen molar-refractivity contribution in [1.29, 1.82) is 0 Å². The Morgan fingerprint density at radius 3 is 2.38 bits per heavy atom. The van der Waals surface area contributed by atoms with Crippen LogP contribution in [0.15, 0.2) is 24.5 Å². The van der Waals surface area contributed by atoms with E-state index in [0.29, 0.717) is 0 Å². The minimum atomic E-state index is 0.242. The van der Waals surface area contributed by atoms with E-state index in [2.05, 4.69) is 45.9 Å². The molecule has 0 radical (unpaired) electrons. The molecule has 2 aromatic heterocycles. The van der Waals surface area contributed by atoms with E-state index < -0.39 is 0 Å². The molecular weight excluding hydrogens is 360 g/mol. The Kier molecular flexibility index (Phi) is 4.90. The van der Waals surface area contributed by atoms with E-state index in [1.54, 1.807) is 0 Å². The second-order valence-corrected chi connectivity index (χ2v) is 9.17. The van der Waals surface area contributed by atoms with Gasteiger partial charge in [0.05, 0.1) is 5.69 Å². The third-order valence-electron chi connectivity index (χ3n) is 7.10. The van der Waals surface area contributed by atoms with Crippen LogP contribution >= 0.6 is 0 Å². The first-order chi connectivity index (χ1) is 14.1. The van der Waals surface area contributed by atoms with Crippen LogP contribution in [0.5, 0.6) is 0 Å². The maximum absolute atomic E-state index is 5.13. The van der Waals surface area contributed by atoms with Gasteiger partial charge in [0.2, 0.25) is 5.95 Å². The lowest BCUT2D eigenvalue weighted by atomic mass is 9.76. The summed E-state index contributed by atoms with van der Waals surface area (Å²) in [6, 6.07) is 4.27. The van der Waals surface area contributed by atoms with Gasteiger partial charge in [-0.2, -0.15) is 4.98 Å². The number of nitrogens with zero attached hydrogens (tertiary/aromatic N) is 6. The Labute approximate surface area is 174 Å². The summed E-state index contributed by atoms with van der Waals surface area (Å²) in [7, 11) is 4.13. The third-order valence-corrected chi connectivity index (χ3v) is 7.10. The largest absolute Gasteiger partial charge is 0.356 e. The molecule has 0 atom stereocenters. The number of pyridine rings is 1. The summed E-state index contributed by atoms with van der Waals surface area (Å²) in [6.45, 7) is 5.59. The fraction of sp³-hybridized carbons (Fsp3) is 0.609. The second kappa shape index (κ2) is 7.56. The van der Waals surface area contributed by atoms with E-state index in [1.807, 2.05) is 12.4 Å². The molecule has 2 saturated heterocycles. The fourth-order valence-corrected chi connectivity index (χ4v) is 5.38. The van der Waals surface area contributed by atoms with Crippen LogP contribution in [0.25, 0.3) is 0 Å². The average Bonchev–Trinajstić information content (AvgIpc) is 3.39. The lowest BCUT2D eigenvalue weighted by molar-refractivity contribution is 0.150. The van der Waals surface area contributed by atoms with Crippen molar-refractivity contribution in [2.24, 2.45) is 0 Å². The zero-order valence-corrected chi connectivity index (χ0v) is 17.8. The quantitative estimate of drug-likeness (QED) is 0.797. The maximum Gasteiger partial charge on any atom is 0.227 e. The predicted molar refractivity (Wildman–Crippen MR) is 117 cm³/mol. The molecule has 0 unspecified atom stereocenters. The van der Waals surface area contributed by atoms with Gasteiger partial charge < -0.3 is 9.80 Å². The second-order valence-electron chi connectivity index (χ2n) is 9.17. The fourth-order valence-electron chi connectivity index (χ4n) is 5.38. The maximum atomic E-state index is 5.13. The highest BCUT2D eigenvalue weighted by Crippen LogP contribution is 2.48. The van der Waals surface area contributed by atoms with E-state index in [1.165, 1.54) is 54.7 Å². The van der Waals surface area contributed by atoms with Gasteiger partial charge in [-0.25, -0.2) is 4.98 Å². The minimum Gasteiger partial charge on any atom is -0.356 e. The van der Waals surface area contributed by atoms with E-state index >= 15 is 0 Å². The monoisotopic (exact) mass is 392 g/mol. The van der Waals surface area contributed by atoms with Crippen LogP contribution in [-0.4, -0.2) is 60.1 Å². The number of aromatic nitrogens is 3. The molecule has 1 spiro atoms. The summed E-state index contributed by atoms with van der Waals surface area (Å²) >= 11 is 0. The standard InChI is InChI=1S/C23H32N6/c1-27(2)22-25-20-19(21(26-22)29-13-3-4-14-29)5-8-23(20)9-15-28(16-10-23)17-18-6-11-24-12-7-18/h6-7,11-12H,3-5,8-10,13-17H2,1-2H3. The number of fused-ring (bicyclic) bond motifs is 2. The zero-order chi connectivity index (χ0) is 19.8. The molecule has 1 aliphatic carbocycles. The molecule has 2 aromatic rings. The molecule has 0 N–H and O–H groups in total. The Morgan fingerprint density at radius 1 is 0.966 bits per heavy atom. The van der Waals surface area contributed by atoms with Gasteiger partial charge in [0.25, 0.3) is 0 Å². The molecule has 0 bridgehead atoms. The van der Waals surface area contributed by atoms with Gasteiger partial charge in [0.15, 0.2) is 0 Å². The first-order valence-corrected chi connectivity index (χ1v) is 11.1. The van der Waals surface area contributed by atoms with E-state index in [9.17, 15) is 0 Å². The summed E-state index contributed by atoms with van der Waals surface area (Å²) < 4.78 is 0. The van der Waals surface area contributed by atoms with Crippen LogP contribution in [-0.2, 0) is 18.4 Å². The van der Waals surface area contributed by atoms with Gasteiger partial charge >= 0.3 is 0 Å². The first kappa shape index (κ1) is 18.8. The normalized spacial score (nSPS) is 21.0. The summed E-state index contributed by atoms with van der Waals surface area (Å²) in [4.78, 5) is 21.4. The summed E-state index contributed by atoms with van der Waals surface area (Å²) in [5.74, 6) is 2.11. The lowest BCUT2D eigenvalue weighted by Gasteiger charge is -2.39. The van der Waals surface area contributed by atoms with Gasteiger partial charge in [0, 0.05) is 57.1 Å². The predicted octanol–water partition coefficient (Wildman–Crippen LogP) is 3.02. The van der Waals surface area contributed by atoms with Gasteiger partial charge in [0.1, 0.15) is 5.82 Å². The van der Waals surface area contributed by atoms with Crippen LogP contribution in [0.2, 0.25) is 0 Å². The molecule has 3 aliphatic rings. The van der Waals surface area contributed by atoms with Crippen molar-refractivity contribution >= 4 is 11.8 Å². The van der Waals surface area contributed by atoms with Gasteiger partial charge in [-0.1, -0.05) is 0 Å². The summed E-state index contributed by atoms with van der Waals surface area (Å²) in [5, 5.41) is 0. The SMILES string of the molecule is CN(C)c1nc(N2CCCC2)c2c(n1)C1(CC2)CCN(Cc2ccncc2)CC1. The molecule has 6 nitrogen and oxygen atoms in total. The van der Waals surface area contributed by atoms with Gasteiger partial charge in [-0.3, -0.25) is 9.88 Å². The Hall–Kier alpha value is -2.21. The van der Waals surface area contributed by atoms with Crippen molar-refractivity contribution in [2.45, 2.75) is 50.5 Å². The van der Waals surface area contributed by atoms with Crippen LogP contribution in [0.4, 0.5) is 11.8 Å². The Balaban J connectivity index is 1.40. The Bertz CT molecular complexity index is 851. The number of likely N-dealkylation sites (tertiary alicyclic amines) is 1. The van der Waals surface area contributed by atoms with Crippen molar-refractivity contribution in [2.75, 3.05) is 50.1 Å². The minimum absolute atomic E-state index is 0.242. The number of anilines is 2. The van der Waals surface area contributed by atoms with E-state index in [0.717, 1.165) is 45.1 Å². The smallest absolute Gasteiger partial charge is 0.227 e. The highest BCUT2D eigenvalue weighted by Gasteiger charge is 2.44. The molecule has 2 aliphatic heterocycles. The highest BCUT2D eigenvalue weighted by atomic mass is 15.3.